The quantitative estimate of drug-likeness (QED) is 0.595. The maximum absolute atomic E-state index is 12.5. The number of rotatable bonds is 6. The largest absolute Gasteiger partial charge is 0.455 e. The van der Waals surface area contributed by atoms with Crippen molar-refractivity contribution >= 4 is 11.9 Å². The number of benzene rings is 2. The first-order valence-corrected chi connectivity index (χ1v) is 9.63. The van der Waals surface area contributed by atoms with Crippen LogP contribution >= 0.6 is 0 Å². The third kappa shape index (κ3) is 4.21. The van der Waals surface area contributed by atoms with Crippen LogP contribution in [-0.4, -0.2) is 28.3 Å². The van der Waals surface area contributed by atoms with Gasteiger partial charge < -0.3 is 14.1 Å². The van der Waals surface area contributed by atoms with Crippen LogP contribution in [0.15, 0.2) is 71.3 Å². The fourth-order valence-electron chi connectivity index (χ4n) is 3.54. The van der Waals surface area contributed by atoms with Crippen LogP contribution in [-0.2, 0) is 20.9 Å². The molecule has 2 aromatic carbocycles. The SMILES string of the molecule is C[C@H](c1ccccc1)N1C[C@@H](C(=O)OCc2ncc(-c3ccccc3)o2)CC1=O. The highest BCUT2D eigenvalue weighted by atomic mass is 16.5. The fraction of sp³-hybridized carbons (Fsp3) is 0.261. The molecule has 2 atom stereocenters. The number of hydrogen-bond donors (Lipinski definition) is 0. The van der Waals surface area contributed by atoms with Crippen molar-refractivity contribution in [2.24, 2.45) is 5.92 Å². The monoisotopic (exact) mass is 390 g/mol. The molecule has 1 saturated heterocycles. The highest BCUT2D eigenvalue weighted by Gasteiger charge is 2.38. The van der Waals surface area contributed by atoms with Gasteiger partial charge in [-0.25, -0.2) is 4.98 Å². The number of amides is 1. The summed E-state index contributed by atoms with van der Waals surface area (Å²) in [7, 11) is 0. The minimum absolute atomic E-state index is 0.0363. The Morgan fingerprint density at radius 3 is 2.59 bits per heavy atom. The van der Waals surface area contributed by atoms with Gasteiger partial charge in [0.15, 0.2) is 12.4 Å². The highest BCUT2D eigenvalue weighted by molar-refractivity contribution is 5.87. The molecule has 0 N–H and O–H groups in total. The zero-order valence-corrected chi connectivity index (χ0v) is 16.2. The predicted molar refractivity (Wildman–Crippen MR) is 106 cm³/mol. The van der Waals surface area contributed by atoms with E-state index in [0.717, 1.165) is 11.1 Å². The number of ether oxygens (including phenoxy) is 1. The summed E-state index contributed by atoms with van der Waals surface area (Å²) in [5.74, 6) is 0.0372. The van der Waals surface area contributed by atoms with E-state index in [0.29, 0.717) is 18.2 Å². The average molecular weight is 390 g/mol. The Bertz CT molecular complexity index is 984. The van der Waals surface area contributed by atoms with Crippen molar-refractivity contribution in [3.8, 4) is 11.3 Å². The molecule has 0 bridgehead atoms. The molecule has 6 nitrogen and oxygen atoms in total. The molecule has 0 spiro atoms. The van der Waals surface area contributed by atoms with Gasteiger partial charge in [0.05, 0.1) is 18.2 Å². The molecule has 29 heavy (non-hydrogen) atoms. The highest BCUT2D eigenvalue weighted by Crippen LogP contribution is 2.29. The summed E-state index contributed by atoms with van der Waals surface area (Å²) >= 11 is 0. The topological polar surface area (TPSA) is 72.6 Å². The third-order valence-electron chi connectivity index (χ3n) is 5.19. The molecule has 1 aliphatic heterocycles. The second-order valence-corrected chi connectivity index (χ2v) is 7.13. The molecule has 0 radical (unpaired) electrons. The van der Waals surface area contributed by atoms with Crippen LogP contribution in [0.5, 0.6) is 0 Å². The normalized spacial score (nSPS) is 17.3. The van der Waals surface area contributed by atoms with Gasteiger partial charge in [-0.05, 0) is 12.5 Å². The van der Waals surface area contributed by atoms with Crippen LogP contribution in [0.3, 0.4) is 0 Å². The van der Waals surface area contributed by atoms with E-state index >= 15 is 0 Å². The van der Waals surface area contributed by atoms with Gasteiger partial charge in [-0.3, -0.25) is 9.59 Å². The lowest BCUT2D eigenvalue weighted by molar-refractivity contribution is -0.150. The molecule has 4 rings (SSSR count). The first-order chi connectivity index (χ1) is 14.1. The minimum Gasteiger partial charge on any atom is -0.455 e. The molecule has 1 fully saturated rings. The van der Waals surface area contributed by atoms with Gasteiger partial charge in [0.1, 0.15) is 0 Å². The summed E-state index contributed by atoms with van der Waals surface area (Å²) in [6.45, 7) is 2.28. The lowest BCUT2D eigenvalue weighted by Gasteiger charge is -2.25. The number of carbonyl (C=O) groups excluding carboxylic acids is 2. The van der Waals surface area contributed by atoms with E-state index in [4.69, 9.17) is 9.15 Å². The standard InChI is InChI=1S/C23H22N2O4/c1-16(17-8-4-2-5-9-17)25-14-19(12-22(25)26)23(27)28-15-21-24-13-20(29-21)18-10-6-3-7-11-18/h2-11,13,16,19H,12,14-15H2,1H3/t16-,19+/m1/s1. The summed E-state index contributed by atoms with van der Waals surface area (Å²) in [6.07, 6.45) is 1.78. The van der Waals surface area contributed by atoms with Gasteiger partial charge in [-0.1, -0.05) is 60.7 Å². The molecule has 2 heterocycles. The minimum atomic E-state index is -0.475. The van der Waals surface area contributed by atoms with E-state index in [1.807, 2.05) is 67.6 Å². The fourth-order valence-corrected chi connectivity index (χ4v) is 3.54. The van der Waals surface area contributed by atoms with E-state index in [2.05, 4.69) is 4.98 Å². The molecule has 0 unspecified atom stereocenters. The van der Waals surface area contributed by atoms with Crippen LogP contribution in [0.2, 0.25) is 0 Å². The number of likely N-dealkylation sites (tertiary alicyclic amines) is 1. The Kier molecular flexibility index (Phi) is 5.42. The van der Waals surface area contributed by atoms with Crippen molar-refractivity contribution in [3.63, 3.8) is 0 Å². The zero-order chi connectivity index (χ0) is 20.2. The van der Waals surface area contributed by atoms with Crippen LogP contribution < -0.4 is 0 Å². The van der Waals surface area contributed by atoms with Gasteiger partial charge in [-0.15, -0.1) is 0 Å². The molecule has 1 aromatic heterocycles. The Labute approximate surface area is 169 Å². The van der Waals surface area contributed by atoms with Crippen molar-refractivity contribution in [1.82, 2.24) is 9.88 Å². The Balaban J connectivity index is 1.34. The Morgan fingerprint density at radius 1 is 1.17 bits per heavy atom. The average Bonchev–Trinajstić information content (AvgIpc) is 3.40. The first kappa shape index (κ1) is 18.9. The number of oxazole rings is 1. The summed E-state index contributed by atoms with van der Waals surface area (Å²) in [6, 6.07) is 19.3. The maximum atomic E-state index is 12.5. The molecule has 0 saturated carbocycles. The van der Waals surface area contributed by atoms with Gasteiger partial charge >= 0.3 is 5.97 Å². The Morgan fingerprint density at radius 2 is 1.86 bits per heavy atom. The van der Waals surface area contributed by atoms with Crippen molar-refractivity contribution in [3.05, 3.63) is 78.3 Å². The second-order valence-electron chi connectivity index (χ2n) is 7.13. The van der Waals surface area contributed by atoms with E-state index in [1.165, 1.54) is 0 Å². The van der Waals surface area contributed by atoms with Crippen molar-refractivity contribution in [1.29, 1.82) is 0 Å². The number of nitrogens with zero attached hydrogens (tertiary/aromatic N) is 2. The van der Waals surface area contributed by atoms with E-state index < -0.39 is 11.9 Å². The summed E-state index contributed by atoms with van der Waals surface area (Å²) < 4.78 is 11.0. The summed E-state index contributed by atoms with van der Waals surface area (Å²) in [4.78, 5) is 30.8. The lowest BCUT2D eigenvalue weighted by atomic mass is 10.1. The van der Waals surface area contributed by atoms with Crippen molar-refractivity contribution < 1.29 is 18.7 Å². The molecular weight excluding hydrogens is 368 g/mol. The van der Waals surface area contributed by atoms with E-state index in [9.17, 15) is 9.59 Å². The molecule has 3 aromatic rings. The van der Waals surface area contributed by atoms with Gasteiger partial charge in [0.25, 0.3) is 0 Å². The van der Waals surface area contributed by atoms with Gasteiger partial charge in [-0.2, -0.15) is 0 Å². The Hall–Kier alpha value is -3.41. The number of carbonyl (C=O) groups is 2. The molecular formula is C23H22N2O4. The number of aromatic nitrogens is 1. The lowest BCUT2D eigenvalue weighted by Crippen LogP contribution is -2.29. The predicted octanol–water partition coefficient (Wildman–Crippen LogP) is 3.99. The molecule has 148 valence electrons. The second kappa shape index (κ2) is 8.31. The summed E-state index contributed by atoms with van der Waals surface area (Å²) in [5, 5.41) is 0. The van der Waals surface area contributed by atoms with Gasteiger partial charge in [0, 0.05) is 18.5 Å². The third-order valence-corrected chi connectivity index (χ3v) is 5.19. The van der Waals surface area contributed by atoms with E-state index in [1.54, 1.807) is 11.1 Å². The van der Waals surface area contributed by atoms with Crippen LogP contribution in [0, 0.1) is 5.92 Å². The molecule has 1 aliphatic rings. The number of hydrogen-bond acceptors (Lipinski definition) is 5. The van der Waals surface area contributed by atoms with Crippen LogP contribution in [0.1, 0.15) is 30.8 Å². The first-order valence-electron chi connectivity index (χ1n) is 9.63. The van der Waals surface area contributed by atoms with Gasteiger partial charge in [0.2, 0.25) is 11.8 Å². The van der Waals surface area contributed by atoms with Crippen LogP contribution in [0.4, 0.5) is 0 Å². The molecule has 1 amide bonds. The summed E-state index contributed by atoms with van der Waals surface area (Å²) in [5.41, 5.74) is 1.95. The van der Waals surface area contributed by atoms with Crippen molar-refractivity contribution in [2.45, 2.75) is 26.0 Å². The maximum Gasteiger partial charge on any atom is 0.311 e. The molecule has 6 heteroatoms. The van der Waals surface area contributed by atoms with Crippen molar-refractivity contribution in [2.75, 3.05) is 6.54 Å². The number of esters is 1. The smallest absolute Gasteiger partial charge is 0.311 e. The van der Waals surface area contributed by atoms with E-state index in [-0.39, 0.29) is 25.0 Å². The van der Waals surface area contributed by atoms with Crippen LogP contribution in [0.25, 0.3) is 11.3 Å². The zero-order valence-electron chi connectivity index (χ0n) is 16.2. The molecule has 0 aliphatic carbocycles.